The molecule has 2 aromatic rings. The molecule has 1 amide bonds. The second kappa shape index (κ2) is 7.54. The van der Waals surface area contributed by atoms with E-state index in [-0.39, 0.29) is 10.8 Å². The summed E-state index contributed by atoms with van der Waals surface area (Å²) < 4.78 is 50.7. The summed E-state index contributed by atoms with van der Waals surface area (Å²) in [6.07, 6.45) is 2.04. The predicted octanol–water partition coefficient (Wildman–Crippen LogP) is 0.790. The summed E-state index contributed by atoms with van der Waals surface area (Å²) in [5, 5.41) is 9.88. The third kappa shape index (κ3) is 6.27. The van der Waals surface area contributed by atoms with Gasteiger partial charge in [0.25, 0.3) is 10.0 Å². The molecule has 3 N–H and O–H groups in total. The SMILES string of the molecule is CC(C)(O)c1cnc(S(=O)(=O)NC(=O)Cc2ccc(NS(C)(=O)=O)cc2)s1. The summed E-state index contributed by atoms with van der Waals surface area (Å²) >= 11 is 0.773. The van der Waals surface area contributed by atoms with Gasteiger partial charge in [-0.3, -0.25) is 9.52 Å². The van der Waals surface area contributed by atoms with Crippen molar-refractivity contribution in [1.82, 2.24) is 9.71 Å². The summed E-state index contributed by atoms with van der Waals surface area (Å²) in [6, 6.07) is 5.95. The van der Waals surface area contributed by atoms with Crippen LogP contribution in [0.25, 0.3) is 0 Å². The van der Waals surface area contributed by atoms with Crippen molar-refractivity contribution in [3.8, 4) is 0 Å². The second-order valence-electron chi connectivity index (χ2n) is 6.33. The lowest BCUT2D eigenvalue weighted by molar-refractivity contribution is -0.118. The molecule has 0 saturated heterocycles. The molecule has 0 saturated carbocycles. The Morgan fingerprint density at radius 2 is 1.78 bits per heavy atom. The highest BCUT2D eigenvalue weighted by Gasteiger charge is 2.26. The smallest absolute Gasteiger partial charge is 0.291 e. The number of amides is 1. The van der Waals surface area contributed by atoms with E-state index in [0.29, 0.717) is 16.1 Å². The monoisotopic (exact) mass is 433 g/mol. The van der Waals surface area contributed by atoms with Gasteiger partial charge in [-0.1, -0.05) is 12.1 Å². The zero-order valence-electron chi connectivity index (χ0n) is 14.8. The van der Waals surface area contributed by atoms with Crippen LogP contribution < -0.4 is 9.44 Å². The van der Waals surface area contributed by atoms with Crippen molar-refractivity contribution in [2.75, 3.05) is 11.0 Å². The second-order valence-corrected chi connectivity index (χ2v) is 11.0. The molecular formula is C15H19N3O6S3. The first-order chi connectivity index (χ1) is 12.3. The Labute approximate surface area is 161 Å². The first-order valence-electron chi connectivity index (χ1n) is 7.57. The maximum absolute atomic E-state index is 12.2. The van der Waals surface area contributed by atoms with Gasteiger partial charge in [-0.05, 0) is 31.5 Å². The Kier molecular flexibility index (Phi) is 5.94. The van der Waals surface area contributed by atoms with E-state index < -0.39 is 31.6 Å². The molecule has 12 heteroatoms. The van der Waals surface area contributed by atoms with E-state index in [2.05, 4.69) is 9.71 Å². The van der Waals surface area contributed by atoms with Crippen LogP contribution in [0.1, 0.15) is 24.3 Å². The molecule has 1 aromatic heterocycles. The molecule has 9 nitrogen and oxygen atoms in total. The van der Waals surface area contributed by atoms with E-state index in [4.69, 9.17) is 0 Å². The van der Waals surface area contributed by atoms with Crippen LogP contribution in [-0.4, -0.2) is 39.1 Å². The Bertz CT molecular complexity index is 1040. The summed E-state index contributed by atoms with van der Waals surface area (Å²) in [6.45, 7) is 3.00. The number of carbonyl (C=O) groups is 1. The van der Waals surface area contributed by atoms with Crippen molar-refractivity contribution in [2.24, 2.45) is 0 Å². The molecule has 0 aliphatic carbocycles. The number of sulfonamides is 2. The van der Waals surface area contributed by atoms with Crippen LogP contribution in [0, 0.1) is 0 Å². The van der Waals surface area contributed by atoms with Gasteiger partial charge in [0.15, 0.2) is 0 Å². The Balaban J connectivity index is 2.05. The largest absolute Gasteiger partial charge is 0.385 e. The lowest BCUT2D eigenvalue weighted by Gasteiger charge is -2.13. The molecule has 0 spiro atoms. The maximum Gasteiger partial charge on any atom is 0.291 e. The minimum Gasteiger partial charge on any atom is -0.385 e. The van der Waals surface area contributed by atoms with E-state index in [1.807, 2.05) is 4.72 Å². The highest BCUT2D eigenvalue weighted by atomic mass is 32.2. The first kappa shape index (κ1) is 21.3. The zero-order chi connectivity index (χ0) is 20.5. The number of aliphatic hydroxyl groups is 1. The van der Waals surface area contributed by atoms with Crippen LogP contribution in [0.3, 0.4) is 0 Å². The van der Waals surface area contributed by atoms with Crippen LogP contribution in [0.2, 0.25) is 0 Å². The van der Waals surface area contributed by atoms with Gasteiger partial charge in [0.2, 0.25) is 20.3 Å². The van der Waals surface area contributed by atoms with Crippen molar-refractivity contribution >= 4 is 43.0 Å². The predicted molar refractivity (Wildman–Crippen MR) is 101 cm³/mol. The Hall–Kier alpha value is -2.02. The summed E-state index contributed by atoms with van der Waals surface area (Å²) in [4.78, 5) is 16.1. The fraction of sp³-hybridized carbons (Fsp3) is 0.333. The molecule has 0 bridgehead atoms. The molecule has 0 aliphatic heterocycles. The number of aromatic nitrogens is 1. The van der Waals surface area contributed by atoms with Gasteiger partial charge < -0.3 is 5.11 Å². The van der Waals surface area contributed by atoms with E-state index in [1.165, 1.54) is 44.3 Å². The molecule has 0 unspecified atom stereocenters. The number of carbonyl (C=O) groups excluding carboxylic acids is 1. The average molecular weight is 434 g/mol. The molecule has 1 aromatic carbocycles. The summed E-state index contributed by atoms with van der Waals surface area (Å²) in [5.41, 5.74) is -0.411. The number of rotatable bonds is 7. The topological polar surface area (TPSA) is 143 Å². The highest BCUT2D eigenvalue weighted by molar-refractivity contribution is 7.92. The average Bonchev–Trinajstić information content (AvgIpc) is 2.98. The van der Waals surface area contributed by atoms with Crippen LogP contribution >= 0.6 is 11.3 Å². The van der Waals surface area contributed by atoms with Gasteiger partial charge >= 0.3 is 0 Å². The van der Waals surface area contributed by atoms with Crippen LogP contribution in [0.5, 0.6) is 0 Å². The van der Waals surface area contributed by atoms with Gasteiger partial charge in [0, 0.05) is 11.9 Å². The molecule has 0 atom stereocenters. The highest BCUT2D eigenvalue weighted by Crippen LogP contribution is 2.27. The van der Waals surface area contributed by atoms with Gasteiger partial charge in [-0.25, -0.2) is 18.1 Å². The van der Waals surface area contributed by atoms with Crippen LogP contribution in [-0.2, 0) is 36.9 Å². The van der Waals surface area contributed by atoms with E-state index in [0.717, 1.165) is 17.6 Å². The zero-order valence-corrected chi connectivity index (χ0v) is 17.2. The van der Waals surface area contributed by atoms with Gasteiger partial charge in [0.05, 0.1) is 23.2 Å². The summed E-state index contributed by atoms with van der Waals surface area (Å²) in [7, 11) is -7.55. The number of nitrogens with zero attached hydrogens (tertiary/aromatic N) is 1. The quantitative estimate of drug-likeness (QED) is 0.586. The molecular weight excluding hydrogens is 414 g/mol. The fourth-order valence-electron chi connectivity index (χ4n) is 1.98. The number of benzene rings is 1. The number of anilines is 1. The number of thiazole rings is 1. The molecule has 148 valence electrons. The lowest BCUT2D eigenvalue weighted by Crippen LogP contribution is -2.31. The molecule has 0 fully saturated rings. The Morgan fingerprint density at radius 3 is 2.26 bits per heavy atom. The molecule has 27 heavy (non-hydrogen) atoms. The maximum atomic E-state index is 12.2. The molecule has 0 aliphatic rings. The van der Waals surface area contributed by atoms with E-state index in [9.17, 15) is 26.7 Å². The van der Waals surface area contributed by atoms with E-state index in [1.54, 1.807) is 0 Å². The fourth-order valence-corrected chi connectivity index (χ4v) is 4.68. The van der Waals surface area contributed by atoms with Crippen LogP contribution in [0.15, 0.2) is 34.8 Å². The standard InChI is InChI=1S/C15H19N3O6S3/c1-15(2,20)12-9-16-14(25-12)27(23,24)18-13(19)8-10-4-6-11(7-5-10)17-26(3,21)22/h4-7,9,17,20H,8H2,1-3H3,(H,18,19). The van der Waals surface area contributed by atoms with Crippen molar-refractivity contribution in [3.63, 3.8) is 0 Å². The van der Waals surface area contributed by atoms with Gasteiger partial charge in [0.1, 0.15) is 0 Å². The summed E-state index contributed by atoms with van der Waals surface area (Å²) in [5.74, 6) is -0.765. The third-order valence-electron chi connectivity index (χ3n) is 3.19. The Morgan fingerprint density at radius 1 is 1.19 bits per heavy atom. The minimum absolute atomic E-state index is 0.220. The van der Waals surface area contributed by atoms with Crippen molar-refractivity contribution in [1.29, 1.82) is 0 Å². The number of hydrogen-bond acceptors (Lipinski definition) is 8. The number of nitrogens with one attached hydrogen (secondary N) is 2. The van der Waals surface area contributed by atoms with Crippen molar-refractivity contribution in [2.45, 2.75) is 30.2 Å². The minimum atomic E-state index is -4.15. The molecule has 1 heterocycles. The number of hydrogen-bond donors (Lipinski definition) is 3. The normalized spacial score (nSPS) is 12.6. The third-order valence-corrected chi connectivity index (χ3v) is 6.87. The first-order valence-corrected chi connectivity index (χ1v) is 11.8. The van der Waals surface area contributed by atoms with Gasteiger partial charge in [-0.15, -0.1) is 11.3 Å². The van der Waals surface area contributed by atoms with Gasteiger partial charge in [-0.2, -0.15) is 8.42 Å². The lowest BCUT2D eigenvalue weighted by atomic mass is 10.1. The van der Waals surface area contributed by atoms with Crippen molar-refractivity contribution in [3.05, 3.63) is 40.9 Å². The van der Waals surface area contributed by atoms with E-state index >= 15 is 0 Å². The molecule has 0 radical (unpaired) electrons. The van der Waals surface area contributed by atoms with Crippen LogP contribution in [0.4, 0.5) is 5.69 Å². The van der Waals surface area contributed by atoms with Crippen molar-refractivity contribution < 1.29 is 26.7 Å². The molecule has 2 rings (SSSR count).